The average molecular weight is 327 g/mol. The molecule has 2 aromatic rings. The normalized spacial score (nSPS) is 10.3. The molecule has 0 aliphatic carbocycles. The molecule has 0 saturated carbocycles. The van der Waals surface area contributed by atoms with Crippen LogP contribution in [0.25, 0.3) is 0 Å². The Hall–Kier alpha value is -1.75. The monoisotopic (exact) mass is 326 g/mol. The lowest BCUT2D eigenvalue weighted by atomic mass is 10.0. The van der Waals surface area contributed by atoms with E-state index < -0.39 is 17.4 Å². The smallest absolute Gasteiger partial charge is 0.196 e. The van der Waals surface area contributed by atoms with Gasteiger partial charge in [0, 0.05) is 10.0 Å². The van der Waals surface area contributed by atoms with Crippen LogP contribution < -0.4 is 4.74 Å². The first-order valence-electron chi connectivity index (χ1n) is 5.36. The molecule has 0 spiro atoms. The van der Waals surface area contributed by atoms with E-state index in [2.05, 4.69) is 15.9 Å². The van der Waals surface area contributed by atoms with Gasteiger partial charge < -0.3 is 4.74 Å². The number of carbonyl (C=O) groups excluding carboxylic acids is 1. The molecule has 0 amide bonds. The molecule has 0 atom stereocenters. The maximum atomic E-state index is 13.6. The van der Waals surface area contributed by atoms with Crippen LogP contribution in [0.5, 0.6) is 5.75 Å². The van der Waals surface area contributed by atoms with Gasteiger partial charge >= 0.3 is 0 Å². The molecule has 5 heteroatoms. The first-order valence-corrected chi connectivity index (χ1v) is 6.15. The Bertz CT molecular complexity index is 641. The van der Waals surface area contributed by atoms with Crippen LogP contribution >= 0.6 is 15.9 Å². The molecule has 2 nitrogen and oxygen atoms in total. The van der Waals surface area contributed by atoms with E-state index in [-0.39, 0.29) is 16.9 Å². The van der Waals surface area contributed by atoms with Crippen molar-refractivity contribution in [1.82, 2.24) is 0 Å². The highest BCUT2D eigenvalue weighted by atomic mass is 79.9. The Labute approximate surface area is 117 Å². The van der Waals surface area contributed by atoms with Gasteiger partial charge in [-0.05, 0) is 36.4 Å². The highest BCUT2D eigenvalue weighted by Crippen LogP contribution is 2.23. The van der Waals surface area contributed by atoms with Crippen LogP contribution in [0.15, 0.2) is 40.9 Å². The Morgan fingerprint density at radius 3 is 2.47 bits per heavy atom. The van der Waals surface area contributed by atoms with E-state index in [1.165, 1.54) is 37.4 Å². The molecule has 2 aromatic carbocycles. The first-order chi connectivity index (χ1) is 9.02. The molecule has 0 heterocycles. The minimum absolute atomic E-state index is 0.0544. The summed E-state index contributed by atoms with van der Waals surface area (Å²) in [5.74, 6) is -1.79. The Morgan fingerprint density at radius 1 is 1.11 bits per heavy atom. The molecule has 0 N–H and O–H groups in total. The number of hydrogen-bond acceptors (Lipinski definition) is 2. The molecule has 0 saturated heterocycles. The standard InChI is InChI=1S/C14H9BrF2O2/c1-19-13-6-8(2-4-12(13)17)14(18)10-7-9(15)3-5-11(10)16/h2-7H,1H3. The molecule has 0 bridgehead atoms. The number of carbonyl (C=O) groups is 1. The van der Waals surface area contributed by atoms with Crippen molar-refractivity contribution in [3.63, 3.8) is 0 Å². The van der Waals surface area contributed by atoms with Crippen LogP contribution in [0.4, 0.5) is 8.78 Å². The fourth-order valence-corrected chi connectivity index (χ4v) is 1.99. The topological polar surface area (TPSA) is 26.3 Å². The van der Waals surface area contributed by atoms with E-state index in [0.717, 1.165) is 6.07 Å². The van der Waals surface area contributed by atoms with Crippen molar-refractivity contribution in [3.05, 3.63) is 63.6 Å². The van der Waals surface area contributed by atoms with E-state index in [1.807, 2.05) is 0 Å². The Morgan fingerprint density at radius 2 is 1.79 bits per heavy atom. The Balaban J connectivity index is 2.47. The second-order valence-corrected chi connectivity index (χ2v) is 4.72. The van der Waals surface area contributed by atoms with Gasteiger partial charge in [-0.3, -0.25) is 4.79 Å². The fraction of sp³-hybridized carbons (Fsp3) is 0.0714. The number of ketones is 1. The highest BCUT2D eigenvalue weighted by molar-refractivity contribution is 9.10. The number of ether oxygens (including phenoxy) is 1. The molecule has 0 fully saturated rings. The minimum atomic E-state index is -0.628. The summed E-state index contributed by atoms with van der Waals surface area (Å²) < 4.78 is 32.3. The molecule has 19 heavy (non-hydrogen) atoms. The third-order valence-corrected chi connectivity index (χ3v) is 3.08. The van der Waals surface area contributed by atoms with Gasteiger partial charge in [0.1, 0.15) is 5.82 Å². The molecule has 0 aliphatic rings. The zero-order chi connectivity index (χ0) is 14.0. The molecule has 0 unspecified atom stereocenters. The number of methoxy groups -OCH3 is 1. The molecule has 98 valence electrons. The van der Waals surface area contributed by atoms with Gasteiger partial charge in [0.2, 0.25) is 0 Å². The molecular formula is C14H9BrF2O2. The highest BCUT2D eigenvalue weighted by Gasteiger charge is 2.16. The third-order valence-electron chi connectivity index (χ3n) is 2.59. The van der Waals surface area contributed by atoms with Gasteiger partial charge in [0.15, 0.2) is 17.3 Å². The van der Waals surface area contributed by atoms with Gasteiger partial charge in [-0.25, -0.2) is 8.78 Å². The molecule has 0 radical (unpaired) electrons. The van der Waals surface area contributed by atoms with Crippen LogP contribution in [0, 0.1) is 11.6 Å². The van der Waals surface area contributed by atoms with Gasteiger partial charge in [-0.1, -0.05) is 15.9 Å². The second kappa shape index (κ2) is 5.48. The van der Waals surface area contributed by atoms with Gasteiger partial charge in [-0.2, -0.15) is 0 Å². The zero-order valence-electron chi connectivity index (χ0n) is 9.91. The lowest BCUT2D eigenvalue weighted by Crippen LogP contribution is -2.05. The van der Waals surface area contributed by atoms with E-state index >= 15 is 0 Å². The number of benzene rings is 2. The Kier molecular flexibility index (Phi) is 3.95. The van der Waals surface area contributed by atoms with Crippen molar-refractivity contribution in [2.75, 3.05) is 7.11 Å². The quantitative estimate of drug-likeness (QED) is 0.798. The van der Waals surface area contributed by atoms with Crippen LogP contribution in [0.2, 0.25) is 0 Å². The van der Waals surface area contributed by atoms with E-state index in [1.54, 1.807) is 0 Å². The van der Waals surface area contributed by atoms with E-state index in [0.29, 0.717) is 4.47 Å². The van der Waals surface area contributed by atoms with Crippen molar-refractivity contribution in [2.24, 2.45) is 0 Å². The summed E-state index contributed by atoms with van der Waals surface area (Å²) in [4.78, 5) is 12.2. The van der Waals surface area contributed by atoms with Crippen molar-refractivity contribution in [1.29, 1.82) is 0 Å². The lowest BCUT2D eigenvalue weighted by Gasteiger charge is -2.06. The average Bonchev–Trinajstić information content (AvgIpc) is 2.41. The lowest BCUT2D eigenvalue weighted by molar-refractivity contribution is 0.103. The summed E-state index contributed by atoms with van der Waals surface area (Å²) in [6.45, 7) is 0. The predicted octanol–water partition coefficient (Wildman–Crippen LogP) is 3.97. The van der Waals surface area contributed by atoms with Crippen molar-refractivity contribution in [2.45, 2.75) is 0 Å². The fourth-order valence-electron chi connectivity index (χ4n) is 1.63. The molecular weight excluding hydrogens is 318 g/mol. The van der Waals surface area contributed by atoms with Gasteiger partial charge in [-0.15, -0.1) is 0 Å². The summed E-state index contributed by atoms with van der Waals surface area (Å²) in [5.41, 5.74) is 0.0817. The van der Waals surface area contributed by atoms with Crippen molar-refractivity contribution >= 4 is 21.7 Å². The number of halogens is 3. The third kappa shape index (κ3) is 2.81. The zero-order valence-corrected chi connectivity index (χ0v) is 11.5. The summed E-state index contributed by atoms with van der Waals surface area (Å²) in [5, 5.41) is 0. The summed E-state index contributed by atoms with van der Waals surface area (Å²) in [7, 11) is 1.30. The van der Waals surface area contributed by atoms with Crippen LogP contribution in [-0.4, -0.2) is 12.9 Å². The van der Waals surface area contributed by atoms with Crippen molar-refractivity contribution in [3.8, 4) is 5.75 Å². The first kappa shape index (κ1) is 13.7. The van der Waals surface area contributed by atoms with Gasteiger partial charge in [0.05, 0.1) is 12.7 Å². The maximum Gasteiger partial charge on any atom is 0.196 e. The number of rotatable bonds is 3. The minimum Gasteiger partial charge on any atom is -0.494 e. The molecule has 0 aliphatic heterocycles. The van der Waals surface area contributed by atoms with Crippen LogP contribution in [0.3, 0.4) is 0 Å². The van der Waals surface area contributed by atoms with Crippen molar-refractivity contribution < 1.29 is 18.3 Å². The number of hydrogen-bond donors (Lipinski definition) is 0. The van der Waals surface area contributed by atoms with Crippen LogP contribution in [0.1, 0.15) is 15.9 Å². The summed E-state index contributed by atoms with van der Waals surface area (Å²) >= 11 is 3.17. The summed E-state index contributed by atoms with van der Waals surface area (Å²) in [6.07, 6.45) is 0. The van der Waals surface area contributed by atoms with E-state index in [4.69, 9.17) is 4.74 Å². The van der Waals surface area contributed by atoms with Crippen LogP contribution in [-0.2, 0) is 0 Å². The van der Waals surface area contributed by atoms with Gasteiger partial charge in [0.25, 0.3) is 0 Å². The summed E-state index contributed by atoms with van der Waals surface area (Å²) in [6, 6.07) is 7.73. The molecule has 2 rings (SSSR count). The largest absolute Gasteiger partial charge is 0.494 e. The maximum absolute atomic E-state index is 13.6. The SMILES string of the molecule is COc1cc(C(=O)c2cc(Br)ccc2F)ccc1F. The second-order valence-electron chi connectivity index (χ2n) is 3.80. The predicted molar refractivity (Wildman–Crippen MR) is 70.5 cm³/mol. The van der Waals surface area contributed by atoms with E-state index in [9.17, 15) is 13.6 Å². The molecule has 0 aromatic heterocycles.